The number of aromatic hydroxyl groups is 1. The Kier molecular flexibility index (Phi) is 3.71. The van der Waals surface area contributed by atoms with Crippen LogP contribution in [0.2, 0.25) is 0 Å². The molecule has 0 amide bonds. The number of hydrogen-bond acceptors (Lipinski definition) is 4. The van der Waals surface area contributed by atoms with Crippen molar-refractivity contribution in [1.82, 2.24) is 4.98 Å². The molecule has 1 aromatic heterocycles. The van der Waals surface area contributed by atoms with Crippen LogP contribution in [0, 0.1) is 0 Å². The first-order valence-corrected chi connectivity index (χ1v) is 7.93. The van der Waals surface area contributed by atoms with E-state index < -0.39 is 0 Å². The minimum absolute atomic E-state index is 0.0381. The van der Waals surface area contributed by atoms with E-state index in [1.165, 1.54) is 0 Å². The van der Waals surface area contributed by atoms with Gasteiger partial charge in [-0.2, -0.15) is 5.10 Å². The van der Waals surface area contributed by atoms with Crippen molar-refractivity contribution in [2.45, 2.75) is 12.5 Å². The molecule has 1 N–H and O–H groups in total. The number of hydrazone groups is 1. The molecule has 118 valence electrons. The van der Waals surface area contributed by atoms with Gasteiger partial charge in [0, 0.05) is 29.9 Å². The Morgan fingerprint density at radius 2 is 1.71 bits per heavy atom. The molecule has 4 heteroatoms. The number of rotatable bonds is 3. The third-order valence-corrected chi connectivity index (χ3v) is 4.22. The number of aromatic nitrogens is 1. The van der Waals surface area contributed by atoms with E-state index in [0.29, 0.717) is 5.75 Å². The number of anilines is 1. The van der Waals surface area contributed by atoms with Gasteiger partial charge in [-0.15, -0.1) is 0 Å². The summed E-state index contributed by atoms with van der Waals surface area (Å²) in [4.78, 5) is 4.19. The third kappa shape index (κ3) is 2.63. The zero-order chi connectivity index (χ0) is 16.4. The van der Waals surface area contributed by atoms with Crippen LogP contribution in [0.15, 0.2) is 84.2 Å². The Hall–Kier alpha value is -3.14. The summed E-state index contributed by atoms with van der Waals surface area (Å²) in [6.45, 7) is 0. The van der Waals surface area contributed by atoms with Crippen molar-refractivity contribution in [3.05, 3.63) is 90.3 Å². The highest BCUT2D eigenvalue weighted by Gasteiger charge is 2.31. The Morgan fingerprint density at radius 3 is 2.46 bits per heavy atom. The van der Waals surface area contributed by atoms with Crippen LogP contribution in [0.5, 0.6) is 5.75 Å². The number of phenolic OH excluding ortho intramolecular Hbond substituents is 1. The summed E-state index contributed by atoms with van der Waals surface area (Å²) in [5.41, 5.74) is 3.87. The molecule has 1 aliphatic heterocycles. The zero-order valence-corrected chi connectivity index (χ0v) is 13.1. The molecule has 0 bridgehead atoms. The smallest absolute Gasteiger partial charge is 0.120 e. The van der Waals surface area contributed by atoms with Gasteiger partial charge in [0.2, 0.25) is 0 Å². The lowest BCUT2D eigenvalue weighted by Crippen LogP contribution is -2.18. The van der Waals surface area contributed by atoms with Crippen LogP contribution < -0.4 is 5.01 Å². The van der Waals surface area contributed by atoms with E-state index >= 15 is 0 Å². The summed E-state index contributed by atoms with van der Waals surface area (Å²) in [6.07, 6.45) is 4.31. The molecule has 0 saturated carbocycles. The lowest BCUT2D eigenvalue weighted by molar-refractivity contribution is 0.461. The van der Waals surface area contributed by atoms with Gasteiger partial charge in [0.25, 0.3) is 0 Å². The maximum Gasteiger partial charge on any atom is 0.120 e. The van der Waals surface area contributed by atoms with Crippen LogP contribution in [-0.2, 0) is 0 Å². The van der Waals surface area contributed by atoms with Crippen molar-refractivity contribution in [1.29, 1.82) is 0 Å². The van der Waals surface area contributed by atoms with E-state index in [4.69, 9.17) is 5.10 Å². The summed E-state index contributed by atoms with van der Waals surface area (Å²) in [7, 11) is 0. The normalized spacial score (nSPS) is 16.9. The highest BCUT2D eigenvalue weighted by molar-refractivity contribution is 6.03. The van der Waals surface area contributed by atoms with Gasteiger partial charge in [0.15, 0.2) is 0 Å². The molecule has 0 aliphatic carbocycles. The summed E-state index contributed by atoms with van der Waals surface area (Å²) in [6, 6.07) is 21.4. The minimum Gasteiger partial charge on any atom is -0.508 e. The fraction of sp³-hybridized carbons (Fsp3) is 0.100. The summed E-state index contributed by atoms with van der Waals surface area (Å²) in [5.74, 6) is 0.297. The molecule has 0 spiro atoms. The van der Waals surface area contributed by atoms with E-state index in [9.17, 15) is 5.11 Å². The van der Waals surface area contributed by atoms with Gasteiger partial charge in [0.1, 0.15) is 5.75 Å². The third-order valence-electron chi connectivity index (χ3n) is 4.22. The first kappa shape index (κ1) is 14.5. The quantitative estimate of drug-likeness (QED) is 0.790. The maximum absolute atomic E-state index is 10.3. The summed E-state index contributed by atoms with van der Waals surface area (Å²) >= 11 is 0. The van der Waals surface area contributed by atoms with Gasteiger partial charge in [-0.05, 0) is 24.3 Å². The van der Waals surface area contributed by atoms with E-state index in [1.54, 1.807) is 12.3 Å². The Labute approximate surface area is 140 Å². The number of hydrogen-bond donors (Lipinski definition) is 1. The van der Waals surface area contributed by atoms with Crippen molar-refractivity contribution in [2.24, 2.45) is 5.10 Å². The van der Waals surface area contributed by atoms with Crippen LogP contribution in [0.1, 0.15) is 23.6 Å². The fourth-order valence-electron chi connectivity index (χ4n) is 3.05. The molecule has 1 aliphatic rings. The maximum atomic E-state index is 10.3. The van der Waals surface area contributed by atoms with Crippen molar-refractivity contribution < 1.29 is 5.11 Å². The van der Waals surface area contributed by atoms with Crippen LogP contribution in [-0.4, -0.2) is 15.8 Å². The van der Waals surface area contributed by atoms with E-state index in [1.807, 2.05) is 71.9 Å². The van der Waals surface area contributed by atoms with E-state index in [-0.39, 0.29) is 6.04 Å². The highest BCUT2D eigenvalue weighted by Crippen LogP contribution is 2.39. The molecule has 1 atom stereocenters. The van der Waals surface area contributed by atoms with Gasteiger partial charge >= 0.3 is 0 Å². The second-order valence-electron chi connectivity index (χ2n) is 5.75. The molecule has 2 heterocycles. The molecule has 0 radical (unpaired) electrons. The predicted octanol–water partition coefficient (Wildman–Crippen LogP) is 4.14. The molecule has 24 heavy (non-hydrogen) atoms. The van der Waals surface area contributed by atoms with E-state index in [0.717, 1.165) is 28.9 Å². The summed E-state index contributed by atoms with van der Waals surface area (Å²) < 4.78 is 0. The van der Waals surface area contributed by atoms with Crippen LogP contribution >= 0.6 is 0 Å². The van der Waals surface area contributed by atoms with Crippen molar-refractivity contribution in [3.8, 4) is 5.75 Å². The number of phenols is 1. The second-order valence-corrected chi connectivity index (χ2v) is 5.75. The molecule has 0 fully saturated rings. The topological polar surface area (TPSA) is 48.7 Å². The van der Waals surface area contributed by atoms with Gasteiger partial charge in [0.05, 0.1) is 17.4 Å². The standard InChI is InChI=1S/C20H17N3O/c24-20-11-5-4-10-17(20)19-13-18(15-7-6-12-21-14-15)22-23(19)16-8-2-1-3-9-16/h1-12,14,19,24H,13H2/t19-/m1/s1. The fourth-order valence-corrected chi connectivity index (χ4v) is 3.05. The molecule has 4 rings (SSSR count). The molecular weight excluding hydrogens is 298 g/mol. The van der Waals surface area contributed by atoms with Crippen LogP contribution in [0.4, 0.5) is 5.69 Å². The number of para-hydroxylation sites is 2. The van der Waals surface area contributed by atoms with Gasteiger partial charge < -0.3 is 5.11 Å². The lowest BCUT2D eigenvalue weighted by Gasteiger charge is -2.24. The first-order chi connectivity index (χ1) is 11.8. The number of pyridine rings is 1. The lowest BCUT2D eigenvalue weighted by atomic mass is 9.98. The molecule has 0 unspecified atom stereocenters. The largest absolute Gasteiger partial charge is 0.508 e. The van der Waals surface area contributed by atoms with Crippen LogP contribution in [0.3, 0.4) is 0 Å². The van der Waals surface area contributed by atoms with Crippen molar-refractivity contribution in [3.63, 3.8) is 0 Å². The number of benzene rings is 2. The monoisotopic (exact) mass is 315 g/mol. The SMILES string of the molecule is Oc1ccccc1[C@H]1CC(c2cccnc2)=NN1c1ccccc1. The average Bonchev–Trinajstić information content (AvgIpc) is 3.09. The zero-order valence-electron chi connectivity index (χ0n) is 13.1. The Morgan fingerprint density at radius 1 is 0.917 bits per heavy atom. The van der Waals surface area contributed by atoms with E-state index in [2.05, 4.69) is 4.98 Å². The average molecular weight is 315 g/mol. The van der Waals surface area contributed by atoms with Crippen molar-refractivity contribution >= 4 is 11.4 Å². The number of nitrogens with zero attached hydrogens (tertiary/aromatic N) is 3. The highest BCUT2D eigenvalue weighted by atomic mass is 16.3. The van der Waals surface area contributed by atoms with Crippen molar-refractivity contribution in [2.75, 3.05) is 5.01 Å². The minimum atomic E-state index is -0.0381. The van der Waals surface area contributed by atoms with Crippen LogP contribution in [0.25, 0.3) is 0 Å². The first-order valence-electron chi connectivity index (χ1n) is 7.93. The van der Waals surface area contributed by atoms with Gasteiger partial charge in [-0.3, -0.25) is 9.99 Å². The Bertz CT molecular complexity index is 862. The van der Waals surface area contributed by atoms with Gasteiger partial charge in [-0.25, -0.2) is 0 Å². The molecular formula is C20H17N3O. The summed E-state index contributed by atoms with van der Waals surface area (Å²) in [5, 5.41) is 17.1. The second kappa shape index (κ2) is 6.16. The molecule has 3 aromatic rings. The predicted molar refractivity (Wildman–Crippen MR) is 95.2 cm³/mol. The molecule has 4 nitrogen and oxygen atoms in total. The molecule has 2 aromatic carbocycles. The Balaban J connectivity index is 1.78. The van der Waals surface area contributed by atoms with Gasteiger partial charge in [-0.1, -0.05) is 42.5 Å². The molecule has 0 saturated heterocycles.